The molecule has 0 saturated carbocycles. The summed E-state index contributed by atoms with van der Waals surface area (Å²) >= 11 is 11.7. The molecule has 1 saturated heterocycles. The second kappa shape index (κ2) is 7.36. The van der Waals surface area contributed by atoms with Gasteiger partial charge in [-0.1, -0.05) is 23.2 Å². The van der Waals surface area contributed by atoms with E-state index in [-0.39, 0.29) is 11.8 Å². The van der Waals surface area contributed by atoms with Gasteiger partial charge in [-0.15, -0.1) is 3.25 Å². The van der Waals surface area contributed by atoms with Gasteiger partial charge in [0.2, 0.25) is 0 Å². The predicted octanol–water partition coefficient (Wildman–Crippen LogP) is 4.86. The lowest BCUT2D eigenvalue weighted by Crippen LogP contribution is -2.43. The molecule has 0 bridgehead atoms. The van der Waals surface area contributed by atoms with Crippen LogP contribution in [0.3, 0.4) is 0 Å². The molecule has 6 nitrogen and oxygen atoms in total. The highest BCUT2D eigenvalue weighted by Gasteiger charge is 2.33. The summed E-state index contributed by atoms with van der Waals surface area (Å²) in [6.45, 7) is 3.30. The quantitative estimate of drug-likeness (QED) is 0.541. The van der Waals surface area contributed by atoms with Gasteiger partial charge in [0.25, 0.3) is 11.9 Å². The van der Waals surface area contributed by atoms with Crippen molar-refractivity contribution in [1.82, 2.24) is 9.91 Å². The minimum atomic E-state index is -0.571. The van der Waals surface area contributed by atoms with Crippen molar-refractivity contribution in [3.8, 4) is 0 Å². The Hall–Kier alpha value is -1.32. The third-order valence-electron chi connectivity index (χ3n) is 4.58. The van der Waals surface area contributed by atoms with Crippen molar-refractivity contribution in [1.29, 1.82) is 0 Å². The van der Waals surface area contributed by atoms with Crippen LogP contribution in [0.15, 0.2) is 41.4 Å². The Kier molecular flexibility index (Phi) is 5.11. The fourth-order valence-corrected chi connectivity index (χ4v) is 4.98. The summed E-state index contributed by atoms with van der Waals surface area (Å²) in [7, 11) is 0. The van der Waals surface area contributed by atoms with Gasteiger partial charge in [0.1, 0.15) is 0 Å². The maximum atomic E-state index is 13.0. The molecule has 1 atom stereocenters. The third kappa shape index (κ3) is 3.44. The molecule has 26 heavy (non-hydrogen) atoms. The van der Waals surface area contributed by atoms with Crippen LogP contribution in [0.4, 0.5) is 0 Å². The Bertz CT molecular complexity index is 895. The molecule has 0 aliphatic carbocycles. The molecule has 3 aliphatic rings. The van der Waals surface area contributed by atoms with Crippen LogP contribution in [-0.2, 0) is 0 Å². The van der Waals surface area contributed by atoms with E-state index in [0.29, 0.717) is 34.7 Å². The molecule has 1 unspecified atom stereocenters. The molecular weight excluding hydrogens is 488 g/mol. The molecule has 0 N–H and O–H groups in total. The van der Waals surface area contributed by atoms with Crippen molar-refractivity contribution in [2.75, 3.05) is 13.1 Å². The van der Waals surface area contributed by atoms with E-state index in [0.717, 1.165) is 24.3 Å². The zero-order chi connectivity index (χ0) is 18.3. The van der Waals surface area contributed by atoms with Gasteiger partial charge in [0, 0.05) is 29.7 Å². The molecule has 0 aromatic heterocycles. The van der Waals surface area contributed by atoms with Gasteiger partial charge < -0.3 is 4.90 Å². The smallest absolute Gasteiger partial charge is 0.257 e. The largest absolute Gasteiger partial charge is 0.338 e. The van der Waals surface area contributed by atoms with Crippen molar-refractivity contribution in [2.45, 2.75) is 19.8 Å². The average Bonchev–Trinajstić information content (AvgIpc) is 3.11. The minimum absolute atomic E-state index is 0.0799. The van der Waals surface area contributed by atoms with Gasteiger partial charge in [-0.05, 0) is 44.0 Å². The number of allylic oxidation sites excluding steroid dienone is 1. The van der Waals surface area contributed by atoms with E-state index in [9.17, 15) is 4.79 Å². The number of rotatable bonds is 2. The Labute approximate surface area is 172 Å². The van der Waals surface area contributed by atoms with Gasteiger partial charge in [-0.25, -0.2) is 4.99 Å². The Morgan fingerprint density at radius 2 is 2.19 bits per heavy atom. The van der Waals surface area contributed by atoms with Crippen molar-refractivity contribution in [2.24, 2.45) is 17.4 Å². The lowest BCUT2D eigenvalue weighted by atomic mass is 9.92. The Morgan fingerprint density at radius 1 is 1.35 bits per heavy atom. The SMILES string of the molecule is CC1=NC2=NI=NN2C(C2CCCN(C(=O)c3cc(Cl)ccc3Cl)C2)=C1. The first-order chi connectivity index (χ1) is 12.5. The Balaban J connectivity index is 1.57. The summed E-state index contributed by atoms with van der Waals surface area (Å²) in [6.07, 6.45) is 3.99. The van der Waals surface area contributed by atoms with Gasteiger partial charge in [-0.3, -0.25) is 4.79 Å². The van der Waals surface area contributed by atoms with Crippen LogP contribution in [0.5, 0.6) is 0 Å². The van der Waals surface area contributed by atoms with Crippen LogP contribution >= 0.6 is 44.5 Å². The summed E-state index contributed by atoms with van der Waals surface area (Å²) in [4.78, 5) is 19.3. The van der Waals surface area contributed by atoms with Crippen LogP contribution in [0, 0.1) is 5.92 Å². The van der Waals surface area contributed by atoms with Crippen molar-refractivity contribution in [3.05, 3.63) is 45.6 Å². The molecule has 1 aromatic rings. The zero-order valence-corrected chi connectivity index (χ0v) is 17.7. The van der Waals surface area contributed by atoms with E-state index in [1.54, 1.807) is 18.2 Å². The summed E-state index contributed by atoms with van der Waals surface area (Å²) in [5.74, 6) is 0.810. The molecule has 4 rings (SSSR count). The van der Waals surface area contributed by atoms with Gasteiger partial charge >= 0.3 is 0 Å². The van der Waals surface area contributed by atoms with E-state index >= 15 is 0 Å². The summed E-state index contributed by atoms with van der Waals surface area (Å²) < 4.78 is 8.95. The first kappa shape index (κ1) is 18.1. The van der Waals surface area contributed by atoms with Crippen LogP contribution < -0.4 is 0 Å². The van der Waals surface area contributed by atoms with Crippen LogP contribution in [0.1, 0.15) is 30.1 Å². The molecule has 1 aromatic carbocycles. The van der Waals surface area contributed by atoms with E-state index in [1.807, 2.05) is 16.8 Å². The van der Waals surface area contributed by atoms with E-state index in [4.69, 9.17) is 23.2 Å². The average molecular weight is 504 g/mol. The van der Waals surface area contributed by atoms with Crippen LogP contribution in [0.2, 0.25) is 10.0 Å². The summed E-state index contributed by atoms with van der Waals surface area (Å²) in [5.41, 5.74) is 2.47. The number of hydrogen-bond acceptors (Lipinski definition) is 5. The predicted molar refractivity (Wildman–Crippen MR) is 112 cm³/mol. The normalized spacial score (nSPS) is 22.3. The Morgan fingerprint density at radius 3 is 3.04 bits per heavy atom. The highest BCUT2D eigenvalue weighted by Crippen LogP contribution is 2.34. The lowest BCUT2D eigenvalue weighted by molar-refractivity contribution is 0.0682. The first-order valence-electron chi connectivity index (χ1n) is 8.26. The number of halogens is 3. The fraction of sp³-hybridized carbons (Fsp3) is 0.353. The molecule has 3 heterocycles. The number of aliphatic imine (C=N–C) groups is 1. The van der Waals surface area contributed by atoms with Crippen molar-refractivity contribution >= 4 is 62.1 Å². The number of carbonyl (C=O) groups is 1. The number of carbonyl (C=O) groups excluding carboxylic acids is 1. The van der Waals surface area contributed by atoms with Crippen LogP contribution in [0.25, 0.3) is 0 Å². The molecule has 1 amide bonds. The number of benzene rings is 1. The summed E-state index contributed by atoms with van der Waals surface area (Å²) in [5, 5.41) is 2.80. The number of hydrogen-bond donors (Lipinski definition) is 0. The molecule has 0 radical (unpaired) electrons. The maximum Gasteiger partial charge on any atom is 0.257 e. The number of guanidine groups is 1. The molecule has 9 heteroatoms. The van der Waals surface area contributed by atoms with Gasteiger partial charge in [0.15, 0.2) is 21.3 Å². The topological polar surface area (TPSA) is 60.6 Å². The van der Waals surface area contributed by atoms with Crippen LogP contribution in [-0.4, -0.2) is 40.6 Å². The standard InChI is InChI=1S/C17H16Cl2IN5O/c1-10-7-15(25-17(21-10)22-20-23-25)11-3-2-6-24(9-11)16(26)13-8-12(18)4-5-14(13)19/h4-5,7-8,11H,2-3,6,9H2,1H3. The lowest BCUT2D eigenvalue weighted by Gasteiger charge is -2.36. The minimum Gasteiger partial charge on any atom is -0.338 e. The van der Waals surface area contributed by atoms with E-state index in [2.05, 4.69) is 17.5 Å². The monoisotopic (exact) mass is 503 g/mol. The number of fused-ring (bicyclic) bond motifs is 1. The zero-order valence-electron chi connectivity index (χ0n) is 14.0. The third-order valence-corrected chi connectivity index (χ3v) is 6.41. The molecular formula is C17H16Cl2IN5O. The molecule has 3 aliphatic heterocycles. The molecule has 0 spiro atoms. The van der Waals surface area contributed by atoms with Gasteiger partial charge in [-0.2, -0.15) is 8.21 Å². The first-order valence-corrected chi connectivity index (χ1v) is 11.0. The molecule has 136 valence electrons. The van der Waals surface area contributed by atoms with Crippen molar-refractivity contribution < 1.29 is 4.79 Å². The number of piperidine rings is 1. The second-order valence-corrected chi connectivity index (χ2v) is 8.57. The summed E-state index contributed by atoms with van der Waals surface area (Å²) in [6, 6.07) is 4.99. The highest BCUT2D eigenvalue weighted by atomic mass is 127. The number of nitrogens with zero attached hydrogens (tertiary/aromatic N) is 5. The highest BCUT2D eigenvalue weighted by molar-refractivity contribution is 14.1. The number of amides is 1. The van der Waals surface area contributed by atoms with E-state index in [1.165, 1.54) is 0 Å². The fourth-order valence-electron chi connectivity index (χ4n) is 3.37. The molecule has 1 fully saturated rings. The van der Waals surface area contributed by atoms with E-state index < -0.39 is 21.3 Å². The van der Waals surface area contributed by atoms with Gasteiger partial charge in [0.05, 0.1) is 16.3 Å². The van der Waals surface area contributed by atoms with Crippen molar-refractivity contribution in [3.63, 3.8) is 0 Å². The maximum absolute atomic E-state index is 13.0. The second-order valence-electron chi connectivity index (χ2n) is 6.38. The number of likely N-dealkylation sites (tertiary alicyclic amines) is 1.